The van der Waals surface area contributed by atoms with Crippen LogP contribution in [-0.4, -0.2) is 25.4 Å². The van der Waals surface area contributed by atoms with Crippen molar-refractivity contribution in [2.24, 2.45) is 0 Å². The zero-order valence-corrected chi connectivity index (χ0v) is 15.5. The van der Waals surface area contributed by atoms with E-state index in [2.05, 4.69) is 20.3 Å². The number of aromatic nitrogens is 4. The molecule has 3 aromatic heterocycles. The molecular weight excluding hydrogens is 373 g/mol. The first kappa shape index (κ1) is 18.5. The van der Waals surface area contributed by atoms with Gasteiger partial charge in [-0.3, -0.25) is 9.36 Å². The highest BCUT2D eigenvalue weighted by Gasteiger charge is 2.09. The van der Waals surface area contributed by atoms with Gasteiger partial charge in [0.2, 0.25) is 5.91 Å². The highest BCUT2D eigenvalue weighted by atomic mass is 19.1. The van der Waals surface area contributed by atoms with Gasteiger partial charge in [0.1, 0.15) is 18.0 Å². The SMILES string of the molecule is O=C(CCc1ncc(-c2ccc(F)cc2)o1)NCc1ccc(-n2ccnc2)nc1. The highest BCUT2D eigenvalue weighted by Crippen LogP contribution is 2.21. The summed E-state index contributed by atoms with van der Waals surface area (Å²) in [5.41, 5.74) is 1.64. The van der Waals surface area contributed by atoms with Gasteiger partial charge >= 0.3 is 0 Å². The van der Waals surface area contributed by atoms with Gasteiger partial charge in [0, 0.05) is 43.5 Å². The van der Waals surface area contributed by atoms with E-state index in [0.29, 0.717) is 24.6 Å². The molecule has 4 rings (SSSR count). The molecule has 0 unspecified atom stereocenters. The maximum absolute atomic E-state index is 13.0. The van der Waals surface area contributed by atoms with Crippen LogP contribution in [0.5, 0.6) is 0 Å². The van der Waals surface area contributed by atoms with E-state index >= 15 is 0 Å². The van der Waals surface area contributed by atoms with Crippen LogP contribution in [0.1, 0.15) is 17.9 Å². The number of amides is 1. The quantitative estimate of drug-likeness (QED) is 0.522. The molecule has 3 heterocycles. The zero-order chi connectivity index (χ0) is 20.1. The monoisotopic (exact) mass is 391 g/mol. The minimum Gasteiger partial charge on any atom is -0.441 e. The minimum absolute atomic E-state index is 0.106. The Kier molecular flexibility index (Phi) is 5.42. The van der Waals surface area contributed by atoms with Crippen molar-refractivity contribution < 1.29 is 13.6 Å². The number of rotatable bonds is 7. The van der Waals surface area contributed by atoms with Crippen LogP contribution >= 0.6 is 0 Å². The summed E-state index contributed by atoms with van der Waals surface area (Å²) >= 11 is 0. The standard InChI is InChI=1S/C21H18FN5O2/c22-17-4-2-16(3-5-17)18-13-26-21(29-18)8-7-20(28)25-12-15-1-6-19(24-11-15)27-10-9-23-14-27/h1-6,9-11,13-14H,7-8,12H2,(H,25,28). The van der Waals surface area contributed by atoms with E-state index in [0.717, 1.165) is 16.9 Å². The van der Waals surface area contributed by atoms with Crippen LogP contribution in [0.2, 0.25) is 0 Å². The highest BCUT2D eigenvalue weighted by molar-refractivity contribution is 5.76. The third-order valence-corrected chi connectivity index (χ3v) is 4.32. The van der Waals surface area contributed by atoms with Crippen molar-refractivity contribution in [1.82, 2.24) is 24.8 Å². The summed E-state index contributed by atoms with van der Waals surface area (Å²) in [5.74, 6) is 1.36. The van der Waals surface area contributed by atoms with Gasteiger partial charge in [-0.1, -0.05) is 6.07 Å². The molecule has 146 valence electrons. The summed E-state index contributed by atoms with van der Waals surface area (Å²) in [6.45, 7) is 0.391. The Morgan fingerprint density at radius 1 is 1.10 bits per heavy atom. The molecule has 0 spiro atoms. The van der Waals surface area contributed by atoms with Crippen molar-refractivity contribution in [2.45, 2.75) is 19.4 Å². The second-order valence-electron chi connectivity index (χ2n) is 6.40. The Bertz CT molecular complexity index is 1070. The Balaban J connectivity index is 1.25. The number of nitrogens with zero attached hydrogens (tertiary/aromatic N) is 4. The lowest BCUT2D eigenvalue weighted by molar-refractivity contribution is -0.121. The number of aryl methyl sites for hydroxylation is 1. The molecule has 1 N–H and O–H groups in total. The Morgan fingerprint density at radius 2 is 1.97 bits per heavy atom. The van der Waals surface area contributed by atoms with Gasteiger partial charge in [0.05, 0.1) is 6.20 Å². The lowest BCUT2D eigenvalue weighted by Gasteiger charge is -2.06. The third kappa shape index (κ3) is 4.73. The number of imidazole rings is 1. The van der Waals surface area contributed by atoms with E-state index in [1.54, 1.807) is 41.6 Å². The van der Waals surface area contributed by atoms with Gasteiger partial charge in [0.25, 0.3) is 0 Å². The molecule has 0 aliphatic heterocycles. The fraction of sp³-hybridized carbons (Fsp3) is 0.143. The number of halogens is 1. The molecule has 8 heteroatoms. The number of oxazole rings is 1. The molecular formula is C21H18FN5O2. The van der Waals surface area contributed by atoms with Crippen LogP contribution in [0.15, 0.2) is 71.9 Å². The number of carbonyl (C=O) groups is 1. The largest absolute Gasteiger partial charge is 0.441 e. The second-order valence-corrected chi connectivity index (χ2v) is 6.40. The topological polar surface area (TPSA) is 85.8 Å². The van der Waals surface area contributed by atoms with Crippen molar-refractivity contribution in [3.05, 3.63) is 84.8 Å². The average molecular weight is 391 g/mol. The summed E-state index contributed by atoms with van der Waals surface area (Å²) in [5, 5.41) is 2.86. The summed E-state index contributed by atoms with van der Waals surface area (Å²) < 4.78 is 20.4. The summed E-state index contributed by atoms with van der Waals surface area (Å²) in [6, 6.07) is 9.75. The lowest BCUT2D eigenvalue weighted by atomic mass is 10.2. The van der Waals surface area contributed by atoms with E-state index in [-0.39, 0.29) is 18.1 Å². The van der Waals surface area contributed by atoms with E-state index in [1.165, 1.54) is 12.1 Å². The first-order valence-electron chi connectivity index (χ1n) is 9.08. The number of pyridine rings is 1. The van der Waals surface area contributed by atoms with E-state index in [1.807, 2.05) is 18.3 Å². The van der Waals surface area contributed by atoms with E-state index in [9.17, 15) is 9.18 Å². The smallest absolute Gasteiger partial charge is 0.220 e. The molecule has 0 saturated heterocycles. The molecule has 0 atom stereocenters. The molecule has 4 aromatic rings. The summed E-state index contributed by atoms with van der Waals surface area (Å²) in [7, 11) is 0. The van der Waals surface area contributed by atoms with Gasteiger partial charge in [-0.15, -0.1) is 0 Å². The Hall–Kier alpha value is -3.81. The number of hydrogen-bond donors (Lipinski definition) is 1. The maximum Gasteiger partial charge on any atom is 0.220 e. The Morgan fingerprint density at radius 3 is 2.69 bits per heavy atom. The predicted molar refractivity (Wildman–Crippen MR) is 103 cm³/mol. The first-order valence-corrected chi connectivity index (χ1v) is 9.08. The van der Waals surface area contributed by atoms with Crippen LogP contribution in [0.4, 0.5) is 4.39 Å². The van der Waals surface area contributed by atoms with Crippen LogP contribution in [0, 0.1) is 5.82 Å². The molecule has 0 bridgehead atoms. The van der Waals surface area contributed by atoms with Crippen molar-refractivity contribution in [1.29, 1.82) is 0 Å². The third-order valence-electron chi connectivity index (χ3n) is 4.32. The number of hydrogen-bond acceptors (Lipinski definition) is 5. The predicted octanol–water partition coefficient (Wildman–Crippen LogP) is 3.31. The number of carbonyl (C=O) groups excluding carboxylic acids is 1. The number of nitrogens with one attached hydrogen (secondary N) is 1. The second kappa shape index (κ2) is 8.47. The molecule has 7 nitrogen and oxygen atoms in total. The van der Waals surface area contributed by atoms with E-state index < -0.39 is 0 Å². The first-order chi connectivity index (χ1) is 14.2. The molecule has 0 radical (unpaired) electrons. The van der Waals surface area contributed by atoms with Crippen molar-refractivity contribution in [3.8, 4) is 17.1 Å². The van der Waals surface area contributed by atoms with E-state index in [4.69, 9.17) is 4.42 Å². The van der Waals surface area contributed by atoms with Crippen LogP contribution in [-0.2, 0) is 17.8 Å². The van der Waals surface area contributed by atoms with Crippen molar-refractivity contribution in [3.63, 3.8) is 0 Å². The zero-order valence-electron chi connectivity index (χ0n) is 15.5. The van der Waals surface area contributed by atoms with Crippen LogP contribution in [0.3, 0.4) is 0 Å². The van der Waals surface area contributed by atoms with Crippen LogP contribution in [0.25, 0.3) is 17.1 Å². The molecule has 1 aromatic carbocycles. The van der Waals surface area contributed by atoms with Gasteiger partial charge in [0.15, 0.2) is 11.7 Å². The molecule has 0 fully saturated rings. The van der Waals surface area contributed by atoms with Gasteiger partial charge in [-0.05, 0) is 35.9 Å². The Labute approximate surface area is 166 Å². The number of benzene rings is 1. The fourth-order valence-corrected chi connectivity index (χ4v) is 2.75. The molecule has 0 aliphatic rings. The fourth-order valence-electron chi connectivity index (χ4n) is 2.75. The van der Waals surface area contributed by atoms with Gasteiger partial charge in [-0.2, -0.15) is 0 Å². The minimum atomic E-state index is -0.309. The lowest BCUT2D eigenvalue weighted by Crippen LogP contribution is -2.23. The molecule has 0 aliphatic carbocycles. The maximum atomic E-state index is 13.0. The molecule has 29 heavy (non-hydrogen) atoms. The molecule has 0 saturated carbocycles. The average Bonchev–Trinajstić information content (AvgIpc) is 3.44. The van der Waals surface area contributed by atoms with Gasteiger partial charge in [-0.25, -0.2) is 19.3 Å². The van der Waals surface area contributed by atoms with Crippen molar-refractivity contribution >= 4 is 5.91 Å². The molecule has 1 amide bonds. The summed E-state index contributed by atoms with van der Waals surface area (Å²) in [4.78, 5) is 24.6. The normalized spacial score (nSPS) is 10.8. The summed E-state index contributed by atoms with van der Waals surface area (Å²) in [6.07, 6.45) is 9.11. The van der Waals surface area contributed by atoms with Crippen molar-refractivity contribution in [2.75, 3.05) is 0 Å². The van der Waals surface area contributed by atoms with Crippen LogP contribution < -0.4 is 5.32 Å². The van der Waals surface area contributed by atoms with Gasteiger partial charge < -0.3 is 9.73 Å².